The van der Waals surface area contributed by atoms with Crippen LogP contribution in [0.1, 0.15) is 22.8 Å². The number of rotatable bonds is 3. The van der Waals surface area contributed by atoms with E-state index in [1.165, 1.54) is 37.5 Å². The molecule has 0 saturated carbocycles. The Morgan fingerprint density at radius 2 is 1.70 bits per heavy atom. The van der Waals surface area contributed by atoms with Gasteiger partial charge in [0.15, 0.2) is 0 Å². The Hall–Kier alpha value is -2.90. The maximum absolute atomic E-state index is 13.1. The van der Waals surface area contributed by atoms with Gasteiger partial charge < -0.3 is 10.6 Å². The van der Waals surface area contributed by atoms with Crippen molar-refractivity contribution in [1.82, 2.24) is 4.98 Å². The molecule has 5 nitrogen and oxygen atoms in total. The Kier molecular flexibility index (Phi) is 4.63. The molecule has 0 fully saturated rings. The quantitative estimate of drug-likeness (QED) is 0.910. The molecule has 1 aromatic carbocycles. The van der Waals surface area contributed by atoms with Gasteiger partial charge in [-0.25, -0.2) is 0 Å². The van der Waals surface area contributed by atoms with E-state index in [1.54, 1.807) is 0 Å². The Bertz CT molecular complexity index is 730. The molecule has 1 aromatic heterocycles. The van der Waals surface area contributed by atoms with Crippen LogP contribution in [0.5, 0.6) is 0 Å². The molecular formula is C15H12F3N3O2. The molecule has 0 saturated heterocycles. The van der Waals surface area contributed by atoms with E-state index in [1.807, 2.05) is 0 Å². The summed E-state index contributed by atoms with van der Waals surface area (Å²) < 4.78 is 39.4. The van der Waals surface area contributed by atoms with Gasteiger partial charge in [-0.05, 0) is 30.3 Å². The van der Waals surface area contributed by atoms with Crippen LogP contribution in [0, 0.1) is 0 Å². The van der Waals surface area contributed by atoms with Crippen LogP contribution >= 0.6 is 0 Å². The number of carbonyl (C=O) groups is 2. The predicted molar refractivity (Wildman–Crippen MR) is 77.9 cm³/mol. The van der Waals surface area contributed by atoms with Crippen molar-refractivity contribution in [2.24, 2.45) is 0 Å². The fraction of sp³-hybridized carbons (Fsp3) is 0.133. The van der Waals surface area contributed by atoms with Crippen LogP contribution in [-0.2, 0) is 11.0 Å². The van der Waals surface area contributed by atoms with Crippen LogP contribution in [0.2, 0.25) is 0 Å². The lowest BCUT2D eigenvalue weighted by Crippen LogP contribution is -2.17. The van der Waals surface area contributed by atoms with Gasteiger partial charge in [0.1, 0.15) is 0 Å². The number of alkyl halides is 3. The summed E-state index contributed by atoms with van der Waals surface area (Å²) >= 11 is 0. The lowest BCUT2D eigenvalue weighted by molar-refractivity contribution is -0.137. The highest BCUT2D eigenvalue weighted by atomic mass is 19.4. The Balaban J connectivity index is 2.34. The Morgan fingerprint density at radius 3 is 2.26 bits per heavy atom. The number of benzene rings is 1. The molecule has 0 aliphatic heterocycles. The van der Waals surface area contributed by atoms with Crippen molar-refractivity contribution in [3.63, 3.8) is 0 Å². The first kappa shape index (κ1) is 16.5. The van der Waals surface area contributed by atoms with E-state index in [-0.39, 0.29) is 11.3 Å². The third-order valence-electron chi connectivity index (χ3n) is 2.84. The van der Waals surface area contributed by atoms with Gasteiger partial charge in [-0.2, -0.15) is 13.2 Å². The molecule has 0 bridgehead atoms. The predicted octanol–water partition coefficient (Wildman–Crippen LogP) is 3.31. The van der Waals surface area contributed by atoms with Crippen molar-refractivity contribution in [2.45, 2.75) is 13.1 Å². The summed E-state index contributed by atoms with van der Waals surface area (Å²) in [7, 11) is 0. The SMILES string of the molecule is CC(=O)Nc1ccc(NC(=O)c2ccncc2)c(C(F)(F)F)c1. The zero-order valence-electron chi connectivity index (χ0n) is 11.9. The second kappa shape index (κ2) is 6.47. The largest absolute Gasteiger partial charge is 0.418 e. The summed E-state index contributed by atoms with van der Waals surface area (Å²) in [6.45, 7) is 1.19. The monoisotopic (exact) mass is 323 g/mol. The number of anilines is 2. The highest BCUT2D eigenvalue weighted by Crippen LogP contribution is 2.36. The highest BCUT2D eigenvalue weighted by Gasteiger charge is 2.34. The summed E-state index contributed by atoms with van der Waals surface area (Å²) in [4.78, 5) is 26.7. The number of amides is 2. The average Bonchev–Trinajstić information content (AvgIpc) is 2.48. The second-order valence-corrected chi connectivity index (χ2v) is 4.63. The van der Waals surface area contributed by atoms with Crippen molar-refractivity contribution in [1.29, 1.82) is 0 Å². The summed E-state index contributed by atoms with van der Waals surface area (Å²) in [6.07, 6.45) is -1.96. The van der Waals surface area contributed by atoms with E-state index in [9.17, 15) is 22.8 Å². The van der Waals surface area contributed by atoms with E-state index in [2.05, 4.69) is 15.6 Å². The average molecular weight is 323 g/mol. The lowest BCUT2D eigenvalue weighted by Gasteiger charge is -2.15. The number of nitrogens with zero attached hydrogens (tertiary/aromatic N) is 1. The van der Waals surface area contributed by atoms with Gasteiger partial charge in [0, 0.05) is 30.6 Å². The van der Waals surface area contributed by atoms with Gasteiger partial charge in [0.25, 0.3) is 5.91 Å². The lowest BCUT2D eigenvalue weighted by atomic mass is 10.1. The van der Waals surface area contributed by atoms with Gasteiger partial charge in [0.05, 0.1) is 11.3 Å². The fourth-order valence-corrected chi connectivity index (χ4v) is 1.87. The third kappa shape index (κ3) is 4.29. The number of pyridine rings is 1. The van der Waals surface area contributed by atoms with Gasteiger partial charge in [0.2, 0.25) is 5.91 Å². The second-order valence-electron chi connectivity index (χ2n) is 4.63. The van der Waals surface area contributed by atoms with E-state index in [0.29, 0.717) is 0 Å². The summed E-state index contributed by atoms with van der Waals surface area (Å²) in [5, 5.41) is 4.48. The van der Waals surface area contributed by atoms with Gasteiger partial charge in [-0.1, -0.05) is 0 Å². The zero-order chi connectivity index (χ0) is 17.0. The molecule has 8 heteroatoms. The number of carbonyl (C=O) groups excluding carboxylic acids is 2. The molecule has 2 N–H and O–H groups in total. The third-order valence-corrected chi connectivity index (χ3v) is 2.84. The van der Waals surface area contributed by atoms with Crippen LogP contribution < -0.4 is 10.6 Å². The standard InChI is InChI=1S/C15H12F3N3O2/c1-9(22)20-11-2-3-13(12(8-11)15(16,17)18)21-14(23)10-4-6-19-7-5-10/h2-8H,1H3,(H,20,22)(H,21,23). The van der Waals surface area contributed by atoms with Gasteiger partial charge in [-0.3, -0.25) is 14.6 Å². The zero-order valence-corrected chi connectivity index (χ0v) is 11.9. The molecule has 120 valence electrons. The first-order valence-corrected chi connectivity index (χ1v) is 6.47. The molecule has 2 aromatic rings. The number of aromatic nitrogens is 1. The van der Waals surface area contributed by atoms with Crippen LogP contribution in [-0.4, -0.2) is 16.8 Å². The van der Waals surface area contributed by atoms with Crippen molar-refractivity contribution in [2.75, 3.05) is 10.6 Å². The van der Waals surface area contributed by atoms with Crippen molar-refractivity contribution in [3.8, 4) is 0 Å². The van der Waals surface area contributed by atoms with Gasteiger partial charge in [-0.15, -0.1) is 0 Å². The molecule has 0 aliphatic carbocycles. The fourth-order valence-electron chi connectivity index (χ4n) is 1.87. The molecule has 0 spiro atoms. The van der Waals surface area contributed by atoms with E-state index >= 15 is 0 Å². The number of nitrogens with one attached hydrogen (secondary N) is 2. The Labute approximate surface area is 129 Å². The van der Waals surface area contributed by atoms with E-state index in [4.69, 9.17) is 0 Å². The minimum Gasteiger partial charge on any atom is -0.326 e. The molecule has 0 radical (unpaired) electrons. The normalized spacial score (nSPS) is 11.0. The number of hydrogen-bond donors (Lipinski definition) is 2. The minimum absolute atomic E-state index is 0.00765. The van der Waals surface area contributed by atoms with E-state index in [0.717, 1.165) is 12.1 Å². The van der Waals surface area contributed by atoms with Crippen molar-refractivity contribution >= 4 is 23.2 Å². The first-order chi connectivity index (χ1) is 10.8. The minimum atomic E-state index is -4.69. The smallest absolute Gasteiger partial charge is 0.326 e. The molecule has 23 heavy (non-hydrogen) atoms. The molecular weight excluding hydrogens is 311 g/mol. The van der Waals surface area contributed by atoms with E-state index < -0.39 is 29.2 Å². The summed E-state index contributed by atoms with van der Waals surface area (Å²) in [6, 6.07) is 5.90. The first-order valence-electron chi connectivity index (χ1n) is 6.47. The van der Waals surface area contributed by atoms with Crippen LogP contribution in [0.15, 0.2) is 42.7 Å². The topological polar surface area (TPSA) is 71.1 Å². The highest BCUT2D eigenvalue weighted by molar-refractivity contribution is 6.04. The number of halogens is 3. The molecule has 1 heterocycles. The van der Waals surface area contributed by atoms with Crippen LogP contribution in [0.25, 0.3) is 0 Å². The maximum Gasteiger partial charge on any atom is 0.418 e. The van der Waals surface area contributed by atoms with Crippen LogP contribution in [0.3, 0.4) is 0 Å². The molecule has 2 rings (SSSR count). The van der Waals surface area contributed by atoms with Gasteiger partial charge >= 0.3 is 6.18 Å². The molecule has 0 aliphatic rings. The van der Waals surface area contributed by atoms with Crippen molar-refractivity contribution < 1.29 is 22.8 Å². The summed E-state index contributed by atoms with van der Waals surface area (Å²) in [5.41, 5.74) is -1.27. The number of hydrogen-bond acceptors (Lipinski definition) is 3. The Morgan fingerprint density at radius 1 is 1.04 bits per heavy atom. The van der Waals surface area contributed by atoms with Crippen LogP contribution in [0.4, 0.5) is 24.5 Å². The molecule has 0 atom stereocenters. The molecule has 0 unspecified atom stereocenters. The maximum atomic E-state index is 13.1. The molecule has 2 amide bonds. The van der Waals surface area contributed by atoms with Crippen molar-refractivity contribution in [3.05, 3.63) is 53.9 Å². The summed E-state index contributed by atoms with van der Waals surface area (Å²) in [5.74, 6) is -1.18.